The fourth-order valence-electron chi connectivity index (χ4n) is 12.1. The van der Waals surface area contributed by atoms with E-state index in [2.05, 4.69) is 103 Å². The number of imidazole rings is 4. The molecule has 0 unspecified atom stereocenters. The molecule has 0 radical (unpaired) electrons. The summed E-state index contributed by atoms with van der Waals surface area (Å²) in [4.78, 5) is 38.2. The van der Waals surface area contributed by atoms with Crippen molar-refractivity contribution in [3.8, 4) is 85.6 Å². The highest BCUT2D eigenvalue weighted by molar-refractivity contribution is 9.11. The highest BCUT2D eigenvalue weighted by atomic mass is 79.9. The van der Waals surface area contributed by atoms with Crippen molar-refractivity contribution in [1.82, 2.24) is 43.2 Å². The van der Waals surface area contributed by atoms with Crippen LogP contribution in [0.25, 0.3) is 56.8 Å². The number of aliphatic imine (C=N–C) groups is 1. The van der Waals surface area contributed by atoms with E-state index in [1.54, 1.807) is 37.4 Å². The number of pyridine rings is 1. The smallest absolute Gasteiger partial charge is 0.334 e. The first-order valence-electron chi connectivity index (χ1n) is 33.2. The van der Waals surface area contributed by atoms with Gasteiger partial charge in [-0.2, -0.15) is 0 Å². The van der Waals surface area contributed by atoms with Gasteiger partial charge >= 0.3 is 5.97 Å². The number of rotatable bonds is 12. The number of carbonyl (C=O) groups is 1. The number of nitrogens with zero attached hydrogens (tertiary/aromatic N) is 10. The second-order valence-electron chi connectivity index (χ2n) is 23.6. The number of aromatic nitrogens is 9. The van der Waals surface area contributed by atoms with Crippen molar-refractivity contribution in [3.05, 3.63) is 182 Å². The van der Waals surface area contributed by atoms with Crippen LogP contribution in [0.3, 0.4) is 0 Å². The van der Waals surface area contributed by atoms with Crippen molar-refractivity contribution in [2.45, 2.75) is 79.6 Å². The summed E-state index contributed by atoms with van der Waals surface area (Å²) in [6.07, 6.45) is 3.37. The Labute approximate surface area is 647 Å². The van der Waals surface area contributed by atoms with Gasteiger partial charge in [0.1, 0.15) is 72.4 Å². The van der Waals surface area contributed by atoms with Gasteiger partial charge < -0.3 is 66.0 Å². The van der Waals surface area contributed by atoms with E-state index in [0.717, 1.165) is 153 Å². The molecule has 0 bridgehead atoms. The molecule has 1 N–H and O–H groups in total. The second-order valence-corrected chi connectivity index (χ2v) is 27.9. The van der Waals surface area contributed by atoms with Crippen molar-refractivity contribution >= 4 is 118 Å². The van der Waals surface area contributed by atoms with Crippen LogP contribution in [0.15, 0.2) is 122 Å². The average Bonchev–Trinajstić information content (AvgIpc) is 1.63. The number of carbonyl (C=O) groups excluding carboxylic acids is 1. The molecule has 0 spiro atoms. The Kier molecular flexibility index (Phi) is 27.2. The molecule has 15 rings (SSSR count). The number of cyclic esters (lactones) is 1. The van der Waals surface area contributed by atoms with Crippen LogP contribution in [0.2, 0.25) is 25.1 Å². The number of phenols is 1. The predicted molar refractivity (Wildman–Crippen MR) is 411 cm³/mol. The first-order valence-corrected chi connectivity index (χ1v) is 37.5. The van der Waals surface area contributed by atoms with Gasteiger partial charge in [-0.15, -0.1) is 0 Å². The largest absolute Gasteiger partial charge is 0.506 e. The molecule has 5 aliphatic rings. The molecule has 0 fully saturated rings. The summed E-state index contributed by atoms with van der Waals surface area (Å²) in [7, 11) is 3.13. The van der Waals surface area contributed by atoms with Crippen LogP contribution in [0, 0.1) is 13.8 Å². The number of fused-ring (bicyclic) bond motifs is 4. The summed E-state index contributed by atoms with van der Waals surface area (Å²) in [5, 5.41) is 12.4. The number of halogens is 8. The molecule has 21 nitrogen and oxygen atoms in total. The quantitative estimate of drug-likeness (QED) is 0.112. The second kappa shape index (κ2) is 36.3. The van der Waals surface area contributed by atoms with E-state index in [1.165, 1.54) is 24.2 Å². The van der Waals surface area contributed by atoms with Crippen molar-refractivity contribution in [3.63, 3.8) is 0 Å². The summed E-state index contributed by atoms with van der Waals surface area (Å²) in [5.74, 6) is 6.15. The Balaban J connectivity index is 0.000000131. The van der Waals surface area contributed by atoms with E-state index < -0.39 is 0 Å². The van der Waals surface area contributed by atoms with Crippen LogP contribution in [0.1, 0.15) is 53.6 Å². The van der Waals surface area contributed by atoms with Gasteiger partial charge in [-0.1, -0.05) is 58.0 Å². The number of hydrogen-bond acceptors (Lipinski definition) is 17. The van der Waals surface area contributed by atoms with Crippen LogP contribution in [0.5, 0.6) is 28.7 Å². The third-order valence-corrected chi connectivity index (χ3v) is 20.3. The van der Waals surface area contributed by atoms with E-state index in [9.17, 15) is 9.90 Å². The summed E-state index contributed by atoms with van der Waals surface area (Å²) >= 11 is 40.8. The molecule has 0 atom stereocenters. The van der Waals surface area contributed by atoms with Crippen molar-refractivity contribution in [2.75, 3.05) is 86.8 Å². The summed E-state index contributed by atoms with van der Waals surface area (Å²) in [5.41, 5.74) is 13.3. The molecule has 0 aliphatic carbocycles. The Morgan fingerprint density at radius 3 is 1.17 bits per heavy atom. The molecule has 5 aromatic heterocycles. The minimum atomic E-state index is -0.348. The van der Waals surface area contributed by atoms with Crippen molar-refractivity contribution < 1.29 is 52.5 Å². The summed E-state index contributed by atoms with van der Waals surface area (Å²) in [6.45, 7) is 17.9. The maximum atomic E-state index is 10.9. The normalized spacial score (nSPS) is 14.5. The SMILES string of the molecule is CCOc1cc(-c2nc(-c3cc(C)nc(C)c3)c3n2CCOCC3)ccc1Cl.CCOc1cc(-c2nc(Br)c3n2CCOCC3)ccc1Cl.COc1cc(-c2nc(Br)c3n2CCOCC3)ccc1Cl.COc1cc(C2=NCC(=O)O2)ccc1Cl.Oc1cc(-c2nc(Br)c3n2CCOCC3)ccc1Cl. The van der Waals surface area contributed by atoms with Crippen LogP contribution < -0.4 is 18.9 Å². The summed E-state index contributed by atoms with van der Waals surface area (Å²) in [6, 6.07) is 31.7. The lowest BCUT2D eigenvalue weighted by Crippen LogP contribution is -2.06. The van der Waals surface area contributed by atoms with Crippen LogP contribution in [-0.4, -0.2) is 147 Å². The Bertz CT molecular complexity index is 4700. The number of ether oxygens (including phenoxy) is 9. The van der Waals surface area contributed by atoms with Gasteiger partial charge in [0, 0.05) is 102 Å². The first-order chi connectivity index (χ1) is 49.8. The molecule has 5 aliphatic heterocycles. The van der Waals surface area contributed by atoms with Gasteiger partial charge in [0.15, 0.2) is 0 Å². The standard InChI is InChI=1S/C22H24ClN3O2.C15H16BrClN2O2.C14H14BrClN2O2.C13H12BrClN2O2.C10H8ClNO3/c1-4-28-20-13-16(5-6-18(20)23)22-25-21(17-11-14(2)24-15(3)12-17)19-7-9-27-10-8-26(19)22;1-2-21-13-9-10(3-4-11(13)17)15-18-14(16)12-5-7-20-8-6-19(12)15;1-19-12-8-9(2-3-10(12)16)14-17-13(15)11-4-6-20-7-5-18(11)14;14-12-10-3-5-19-6-4-17(10)13(16-12)8-1-2-9(15)11(18)7-8;1-14-8-4-6(2-3-7(8)11)10-12-5-9(13)15-10/h5-6,11-13H,4,7-10H2,1-3H3;3-4,9H,2,5-8H2,1H3;2-3,8H,4-7H2,1H3;1-2,7,18H,3-6H2;2-4H,5H2,1H3. The van der Waals surface area contributed by atoms with Crippen LogP contribution in [-0.2, 0) is 80.3 Å². The van der Waals surface area contributed by atoms with E-state index in [0.29, 0.717) is 112 Å². The topological polar surface area (TPSA) is 217 Å². The zero-order valence-electron chi connectivity index (χ0n) is 57.3. The molecule has 0 saturated carbocycles. The van der Waals surface area contributed by atoms with Gasteiger partial charge in [0.25, 0.3) is 0 Å². The van der Waals surface area contributed by atoms with Crippen molar-refractivity contribution in [1.29, 1.82) is 0 Å². The number of esters is 1. The van der Waals surface area contributed by atoms with Gasteiger partial charge in [-0.3, -0.25) is 4.98 Å². The highest BCUT2D eigenvalue weighted by Crippen LogP contribution is 2.39. The number of aryl methyl sites for hydroxylation is 2. The Hall–Kier alpha value is -7.04. The predicted octanol–water partition coefficient (Wildman–Crippen LogP) is 17.2. The molecule has 103 heavy (non-hydrogen) atoms. The minimum Gasteiger partial charge on any atom is -0.506 e. The van der Waals surface area contributed by atoms with Gasteiger partial charge in [-0.25, -0.2) is 29.7 Å². The fraction of sp³-hybridized carbons (Fsp3) is 0.338. The zero-order valence-corrected chi connectivity index (χ0v) is 65.8. The maximum Gasteiger partial charge on any atom is 0.334 e. The lowest BCUT2D eigenvalue weighted by molar-refractivity contribution is -0.132. The molecular formula is C74H74Br3Cl5N10O11. The fourth-order valence-corrected chi connectivity index (χ4v) is 14.7. The lowest BCUT2D eigenvalue weighted by Gasteiger charge is -2.11. The number of hydrogen-bond donors (Lipinski definition) is 1. The zero-order chi connectivity index (χ0) is 72.8. The number of benzene rings is 5. The number of methoxy groups -OCH3 is 2. The molecule has 0 saturated heterocycles. The number of phenolic OH excluding ortho intramolecular Hbond substituents is 1. The molecule has 5 aromatic carbocycles. The number of aromatic hydroxyl groups is 1. The molecule has 10 heterocycles. The highest BCUT2D eigenvalue weighted by Gasteiger charge is 2.26. The molecule has 29 heteroatoms. The first kappa shape index (κ1) is 77.1. The van der Waals surface area contributed by atoms with Gasteiger partial charge in [0.05, 0.1) is 128 Å². The van der Waals surface area contributed by atoms with E-state index in [-0.39, 0.29) is 18.3 Å². The molecule has 542 valence electrons. The monoisotopic (exact) mass is 1690 g/mol. The molecule has 10 aromatic rings. The van der Waals surface area contributed by atoms with Gasteiger partial charge in [0.2, 0.25) is 5.90 Å². The van der Waals surface area contributed by atoms with Gasteiger partial charge in [-0.05, 0) is 179 Å². The summed E-state index contributed by atoms with van der Waals surface area (Å²) < 4.78 is 60.2. The van der Waals surface area contributed by atoms with E-state index in [4.69, 9.17) is 106 Å². The van der Waals surface area contributed by atoms with Crippen LogP contribution in [0.4, 0.5) is 0 Å². The van der Waals surface area contributed by atoms with Crippen molar-refractivity contribution in [2.24, 2.45) is 4.99 Å². The van der Waals surface area contributed by atoms with Crippen LogP contribution >= 0.6 is 106 Å². The molecule has 0 amide bonds. The maximum absolute atomic E-state index is 10.9. The Morgan fingerprint density at radius 1 is 0.437 bits per heavy atom. The molecular weight excluding hydrogens is 1620 g/mol. The van der Waals surface area contributed by atoms with E-state index in [1.807, 2.05) is 88.4 Å². The lowest BCUT2D eigenvalue weighted by atomic mass is 10.1. The Morgan fingerprint density at radius 2 is 0.786 bits per heavy atom. The minimum absolute atomic E-state index is 0.0671. The van der Waals surface area contributed by atoms with E-state index >= 15 is 0 Å². The third-order valence-electron chi connectivity index (χ3n) is 16.8. The third kappa shape index (κ3) is 18.8. The average molecular weight is 1700 g/mol.